The fourth-order valence-corrected chi connectivity index (χ4v) is 1.33. The summed E-state index contributed by atoms with van der Waals surface area (Å²) < 4.78 is 50.6. The SMILES string of the molecule is Cc1ccc(F)c([C@@H](N)CC(F)F)c1F. The van der Waals surface area contributed by atoms with Crippen molar-refractivity contribution in [3.05, 3.63) is 34.9 Å². The lowest BCUT2D eigenvalue weighted by atomic mass is 10.0. The van der Waals surface area contributed by atoms with Crippen molar-refractivity contribution in [1.29, 1.82) is 0 Å². The third kappa shape index (κ3) is 2.68. The van der Waals surface area contributed by atoms with Crippen LogP contribution in [0.2, 0.25) is 0 Å². The van der Waals surface area contributed by atoms with E-state index in [1.54, 1.807) is 0 Å². The minimum Gasteiger partial charge on any atom is -0.324 e. The van der Waals surface area contributed by atoms with Gasteiger partial charge in [0, 0.05) is 18.0 Å². The molecule has 2 N–H and O–H groups in total. The average Bonchev–Trinajstić information content (AvgIpc) is 2.11. The topological polar surface area (TPSA) is 26.0 Å². The lowest BCUT2D eigenvalue weighted by molar-refractivity contribution is 0.127. The first kappa shape index (κ1) is 12.0. The standard InChI is InChI=1S/C10H11F4N/c1-5-2-3-6(11)9(10(5)14)7(15)4-8(12)13/h2-3,7-8H,4,15H2,1H3/t7-/m0/s1. The Bertz CT molecular complexity index is 352. The number of hydrogen-bond acceptors (Lipinski definition) is 1. The molecule has 1 aromatic rings. The van der Waals surface area contributed by atoms with Crippen molar-refractivity contribution in [2.45, 2.75) is 25.8 Å². The molecule has 0 spiro atoms. The Morgan fingerprint density at radius 3 is 2.40 bits per heavy atom. The van der Waals surface area contributed by atoms with Crippen molar-refractivity contribution >= 4 is 0 Å². The Hall–Kier alpha value is -1.10. The minimum atomic E-state index is -2.68. The molecule has 0 radical (unpaired) electrons. The van der Waals surface area contributed by atoms with Crippen molar-refractivity contribution in [2.75, 3.05) is 0 Å². The van der Waals surface area contributed by atoms with Crippen LogP contribution in [0, 0.1) is 18.6 Å². The molecule has 0 unspecified atom stereocenters. The summed E-state index contributed by atoms with van der Waals surface area (Å²) in [5, 5.41) is 0. The minimum absolute atomic E-state index is 0.191. The van der Waals surface area contributed by atoms with Crippen molar-refractivity contribution < 1.29 is 17.6 Å². The molecule has 1 atom stereocenters. The second kappa shape index (κ2) is 4.61. The first-order chi connectivity index (χ1) is 6.93. The molecule has 0 saturated carbocycles. The summed E-state index contributed by atoms with van der Waals surface area (Å²) in [6.45, 7) is 1.42. The second-order valence-electron chi connectivity index (χ2n) is 3.33. The molecule has 0 aliphatic heterocycles. The lowest BCUT2D eigenvalue weighted by Crippen LogP contribution is -2.17. The third-order valence-corrected chi connectivity index (χ3v) is 2.12. The van der Waals surface area contributed by atoms with Gasteiger partial charge in [0.15, 0.2) is 0 Å². The normalized spacial score (nSPS) is 13.3. The first-order valence-electron chi connectivity index (χ1n) is 4.41. The Labute approximate surface area is 84.9 Å². The van der Waals surface area contributed by atoms with Gasteiger partial charge in [-0.05, 0) is 18.6 Å². The van der Waals surface area contributed by atoms with Crippen LogP contribution in [0.3, 0.4) is 0 Å². The largest absolute Gasteiger partial charge is 0.324 e. The molecule has 0 fully saturated rings. The first-order valence-corrected chi connectivity index (χ1v) is 4.41. The van der Waals surface area contributed by atoms with Gasteiger partial charge < -0.3 is 5.73 Å². The van der Waals surface area contributed by atoms with Gasteiger partial charge in [-0.1, -0.05) is 6.07 Å². The van der Waals surface area contributed by atoms with Crippen LogP contribution >= 0.6 is 0 Å². The monoisotopic (exact) mass is 221 g/mol. The summed E-state index contributed by atoms with van der Waals surface area (Å²) in [7, 11) is 0. The number of rotatable bonds is 3. The van der Waals surface area contributed by atoms with Crippen LogP contribution in [0.15, 0.2) is 12.1 Å². The van der Waals surface area contributed by atoms with Gasteiger partial charge in [-0.15, -0.1) is 0 Å². The van der Waals surface area contributed by atoms with Crippen molar-refractivity contribution in [3.8, 4) is 0 Å². The number of benzene rings is 1. The third-order valence-electron chi connectivity index (χ3n) is 2.12. The quantitative estimate of drug-likeness (QED) is 0.780. The van der Waals surface area contributed by atoms with Gasteiger partial charge in [0.2, 0.25) is 6.43 Å². The van der Waals surface area contributed by atoms with Gasteiger partial charge in [0.1, 0.15) is 11.6 Å². The van der Waals surface area contributed by atoms with E-state index in [-0.39, 0.29) is 5.56 Å². The predicted octanol–water partition coefficient (Wildman–Crippen LogP) is 2.93. The Kier molecular flexibility index (Phi) is 3.68. The van der Waals surface area contributed by atoms with E-state index in [0.29, 0.717) is 0 Å². The van der Waals surface area contributed by atoms with Gasteiger partial charge in [-0.3, -0.25) is 0 Å². The molecule has 84 valence electrons. The van der Waals surface area contributed by atoms with E-state index in [1.807, 2.05) is 0 Å². The second-order valence-corrected chi connectivity index (χ2v) is 3.33. The van der Waals surface area contributed by atoms with Crippen molar-refractivity contribution in [3.63, 3.8) is 0 Å². The molecule has 0 saturated heterocycles. The lowest BCUT2D eigenvalue weighted by Gasteiger charge is -2.14. The van der Waals surface area contributed by atoms with E-state index in [0.717, 1.165) is 6.07 Å². The number of aryl methyl sites for hydroxylation is 1. The summed E-state index contributed by atoms with van der Waals surface area (Å²) in [5.41, 5.74) is 5.03. The van der Waals surface area contributed by atoms with Gasteiger partial charge in [-0.2, -0.15) is 0 Å². The highest BCUT2D eigenvalue weighted by Crippen LogP contribution is 2.25. The van der Waals surface area contributed by atoms with Crippen LogP contribution in [0.4, 0.5) is 17.6 Å². The van der Waals surface area contributed by atoms with E-state index in [1.165, 1.54) is 13.0 Å². The molecule has 0 amide bonds. The van der Waals surface area contributed by atoms with Crippen LogP contribution < -0.4 is 5.73 Å². The Morgan fingerprint density at radius 1 is 1.27 bits per heavy atom. The van der Waals surface area contributed by atoms with Gasteiger partial charge >= 0.3 is 0 Å². The van der Waals surface area contributed by atoms with Gasteiger partial charge in [-0.25, -0.2) is 17.6 Å². The maximum absolute atomic E-state index is 13.4. The summed E-state index contributed by atoms with van der Waals surface area (Å²) in [6, 6.07) is 0.951. The fourth-order valence-electron chi connectivity index (χ4n) is 1.33. The van der Waals surface area contributed by atoms with E-state index in [4.69, 9.17) is 5.73 Å². The highest BCUT2D eigenvalue weighted by Gasteiger charge is 2.21. The number of alkyl halides is 2. The van der Waals surface area contributed by atoms with E-state index >= 15 is 0 Å². The van der Waals surface area contributed by atoms with Crippen LogP contribution in [0.1, 0.15) is 23.6 Å². The maximum atomic E-state index is 13.4. The average molecular weight is 221 g/mol. The van der Waals surface area contributed by atoms with E-state index in [9.17, 15) is 17.6 Å². The smallest absolute Gasteiger partial charge is 0.240 e. The van der Waals surface area contributed by atoms with E-state index in [2.05, 4.69) is 0 Å². The molecule has 0 aliphatic carbocycles. The van der Waals surface area contributed by atoms with Crippen LogP contribution in [0.25, 0.3) is 0 Å². The molecule has 0 bridgehead atoms. The summed E-state index contributed by atoms with van der Waals surface area (Å²) in [4.78, 5) is 0. The summed E-state index contributed by atoms with van der Waals surface area (Å²) >= 11 is 0. The molecule has 1 rings (SSSR count). The molecule has 1 nitrogen and oxygen atoms in total. The molecule has 0 aromatic heterocycles. The summed E-state index contributed by atoms with van der Waals surface area (Å²) in [5.74, 6) is -1.73. The van der Waals surface area contributed by atoms with Crippen LogP contribution in [-0.2, 0) is 0 Å². The van der Waals surface area contributed by atoms with Crippen molar-refractivity contribution in [2.24, 2.45) is 5.73 Å². The zero-order valence-corrected chi connectivity index (χ0v) is 8.11. The van der Waals surface area contributed by atoms with Crippen LogP contribution in [-0.4, -0.2) is 6.43 Å². The Morgan fingerprint density at radius 2 is 1.87 bits per heavy atom. The molecule has 0 heterocycles. The van der Waals surface area contributed by atoms with Gasteiger partial charge in [0.25, 0.3) is 0 Å². The maximum Gasteiger partial charge on any atom is 0.240 e. The fraction of sp³-hybridized carbons (Fsp3) is 0.400. The Balaban J connectivity index is 3.07. The predicted molar refractivity (Wildman–Crippen MR) is 48.6 cm³/mol. The molecule has 15 heavy (non-hydrogen) atoms. The number of hydrogen-bond donors (Lipinski definition) is 1. The molecule has 1 aromatic carbocycles. The summed E-state index contributed by atoms with van der Waals surface area (Å²) in [6.07, 6.45) is -3.43. The van der Waals surface area contributed by atoms with Crippen molar-refractivity contribution in [1.82, 2.24) is 0 Å². The molecule has 0 aliphatic rings. The zero-order chi connectivity index (χ0) is 11.6. The number of nitrogens with two attached hydrogens (primary N) is 1. The number of halogens is 4. The highest BCUT2D eigenvalue weighted by molar-refractivity contribution is 5.29. The van der Waals surface area contributed by atoms with E-state index < -0.39 is 36.1 Å². The highest BCUT2D eigenvalue weighted by atomic mass is 19.3. The molecular formula is C10H11F4N. The van der Waals surface area contributed by atoms with Crippen LogP contribution in [0.5, 0.6) is 0 Å². The van der Waals surface area contributed by atoms with Gasteiger partial charge in [0.05, 0.1) is 0 Å². The molecule has 5 heteroatoms. The molecular weight excluding hydrogens is 210 g/mol. The zero-order valence-electron chi connectivity index (χ0n) is 8.11.